The second-order valence-electron chi connectivity index (χ2n) is 13.8. The highest BCUT2D eigenvalue weighted by Gasteiger charge is 2.30. The predicted molar refractivity (Wildman–Crippen MR) is 250 cm³/mol. The van der Waals surface area contributed by atoms with Gasteiger partial charge in [-0.05, 0) is 35.9 Å². The van der Waals surface area contributed by atoms with E-state index in [4.69, 9.17) is 22.1 Å². The maximum atomic E-state index is 13.9. The molecule has 0 radical (unpaired) electrons. The van der Waals surface area contributed by atoms with Crippen LogP contribution in [0.5, 0.6) is 11.5 Å². The molecule has 25 heteroatoms. The van der Waals surface area contributed by atoms with Gasteiger partial charge in [0.2, 0.25) is 22.9 Å². The van der Waals surface area contributed by atoms with Crippen molar-refractivity contribution in [1.82, 2.24) is 29.1 Å². The zero-order chi connectivity index (χ0) is 48.8. The molecular formula is C45H43ClF8N10O6. The van der Waals surface area contributed by atoms with Crippen LogP contribution in [0.15, 0.2) is 110 Å². The summed E-state index contributed by atoms with van der Waals surface area (Å²) in [5, 5.41) is 25.4. The molecule has 16 nitrogen and oxygen atoms in total. The number of ether oxygens (including phenoxy) is 2. The summed E-state index contributed by atoms with van der Waals surface area (Å²) >= 11 is 5.75. The lowest BCUT2D eigenvalue weighted by molar-refractivity contribution is -0.387. The topological polar surface area (TPSA) is 204 Å². The molecule has 0 aliphatic heterocycles. The third-order valence-electron chi connectivity index (χ3n) is 9.32. The van der Waals surface area contributed by atoms with Crippen molar-refractivity contribution >= 4 is 62.1 Å². The first kappa shape index (κ1) is 56.2. The van der Waals surface area contributed by atoms with E-state index in [-0.39, 0.29) is 56.4 Å². The van der Waals surface area contributed by atoms with Crippen LogP contribution in [0, 0.1) is 31.9 Å². The summed E-state index contributed by atoms with van der Waals surface area (Å²) in [6, 6.07) is 20.2. The number of hydrogen-bond donors (Lipinski definition) is 2. The zero-order valence-corrected chi connectivity index (χ0v) is 35.1. The molecule has 8 rings (SSSR count). The Balaban J connectivity index is 0.000000301. The monoisotopic (exact) mass is 1010 g/mol. The Morgan fingerprint density at radius 3 is 1.57 bits per heavy atom. The number of benzene rings is 4. The fourth-order valence-corrected chi connectivity index (χ4v) is 6.70. The molecule has 0 saturated heterocycles. The molecule has 0 atom stereocenters. The zero-order valence-electron chi connectivity index (χ0n) is 34.3. The lowest BCUT2D eigenvalue weighted by atomic mass is 10.1. The highest BCUT2D eigenvalue weighted by Crippen LogP contribution is 2.36. The maximum Gasteiger partial charge on any atom is 0.406 e. The fraction of sp³-hybridized carbons (Fsp3) is 0.200. The molecule has 0 spiro atoms. The third-order valence-corrected chi connectivity index (χ3v) is 9.50. The normalized spacial score (nSPS) is 10.8. The summed E-state index contributed by atoms with van der Waals surface area (Å²) in [5.74, 6) is -1.98. The van der Waals surface area contributed by atoms with E-state index in [1.807, 2.05) is 0 Å². The van der Waals surface area contributed by atoms with Crippen molar-refractivity contribution in [3.8, 4) is 34.0 Å². The lowest BCUT2D eigenvalue weighted by Gasteiger charge is -2.11. The Hall–Kier alpha value is -8.15. The van der Waals surface area contributed by atoms with Crippen molar-refractivity contribution in [2.75, 3.05) is 25.3 Å². The van der Waals surface area contributed by atoms with Crippen LogP contribution in [0.1, 0.15) is 22.3 Å². The van der Waals surface area contributed by atoms with Gasteiger partial charge in [0.15, 0.2) is 0 Å². The highest BCUT2D eigenvalue weighted by atomic mass is 35.5. The van der Waals surface area contributed by atoms with Gasteiger partial charge in [-0.25, -0.2) is 19.9 Å². The molecule has 0 unspecified atom stereocenters. The Bertz CT molecular complexity index is 3110. The predicted octanol–water partition coefficient (Wildman–Crippen LogP) is 13.0. The first-order chi connectivity index (χ1) is 31.7. The molecule has 3 N–H and O–H groups in total. The number of rotatable bonds is 10. The molecule has 372 valence electrons. The summed E-state index contributed by atoms with van der Waals surface area (Å²) < 4.78 is 116. The minimum absolute atomic E-state index is 0. The number of nitrogen functional groups attached to an aromatic ring is 1. The van der Waals surface area contributed by atoms with Crippen LogP contribution in [0.4, 0.5) is 63.8 Å². The van der Waals surface area contributed by atoms with Crippen LogP contribution in [-0.2, 0) is 13.1 Å². The van der Waals surface area contributed by atoms with E-state index in [1.54, 1.807) is 54.6 Å². The molecule has 0 amide bonds. The third kappa shape index (κ3) is 13.5. The second-order valence-corrected chi connectivity index (χ2v) is 14.1. The average Bonchev–Trinajstić information content (AvgIpc) is 3.81. The Kier molecular flexibility index (Phi) is 18.6. The number of nitrogens with two attached hydrogens (primary N) is 1. The van der Waals surface area contributed by atoms with Gasteiger partial charge < -0.3 is 29.7 Å². The minimum Gasteiger partial charge on any atom is -0.494 e. The molecule has 4 aromatic heterocycles. The number of nitrogens with zero attached hydrogens (tertiary/aromatic N) is 8. The van der Waals surface area contributed by atoms with E-state index in [0.717, 1.165) is 28.8 Å². The Morgan fingerprint density at radius 2 is 1.11 bits per heavy atom. The van der Waals surface area contributed by atoms with E-state index in [0.29, 0.717) is 44.3 Å². The smallest absolute Gasteiger partial charge is 0.406 e. The summed E-state index contributed by atoms with van der Waals surface area (Å²) in [4.78, 5) is 35.8. The van der Waals surface area contributed by atoms with E-state index in [2.05, 4.69) is 30.0 Å². The van der Waals surface area contributed by atoms with Crippen molar-refractivity contribution in [2.24, 2.45) is 0 Å². The summed E-state index contributed by atoms with van der Waals surface area (Å²) in [5.41, 5.74) is 6.73. The Labute approximate surface area is 398 Å². The van der Waals surface area contributed by atoms with Crippen molar-refractivity contribution in [1.29, 1.82) is 0 Å². The van der Waals surface area contributed by atoms with E-state index in [1.165, 1.54) is 49.6 Å². The molecule has 0 saturated carbocycles. The van der Waals surface area contributed by atoms with Crippen molar-refractivity contribution in [3.63, 3.8) is 0 Å². The lowest BCUT2D eigenvalue weighted by Crippen LogP contribution is -2.16. The molecule has 0 aliphatic carbocycles. The fourth-order valence-electron chi connectivity index (χ4n) is 6.55. The number of anilines is 3. The number of hydrogen-bond acceptors (Lipinski definition) is 12. The largest absolute Gasteiger partial charge is 0.494 e. The second kappa shape index (κ2) is 23.2. The molecular weight excluding hydrogens is 964 g/mol. The molecule has 0 aliphatic rings. The minimum atomic E-state index is -4.41. The molecule has 0 bridgehead atoms. The number of nitro benzene ring substituents is 2. The van der Waals surface area contributed by atoms with Crippen LogP contribution in [-0.4, -0.2) is 65.5 Å². The van der Waals surface area contributed by atoms with Gasteiger partial charge in [-0.3, -0.25) is 20.2 Å². The van der Waals surface area contributed by atoms with Gasteiger partial charge in [0.1, 0.15) is 24.6 Å². The van der Waals surface area contributed by atoms with Gasteiger partial charge in [-0.15, -0.1) is 0 Å². The number of alkyl halides is 6. The van der Waals surface area contributed by atoms with E-state index in [9.17, 15) is 55.4 Å². The van der Waals surface area contributed by atoms with Gasteiger partial charge in [-0.1, -0.05) is 58.7 Å². The van der Waals surface area contributed by atoms with Crippen LogP contribution in [0.25, 0.3) is 44.3 Å². The van der Waals surface area contributed by atoms with Crippen LogP contribution < -0.4 is 20.5 Å². The standard InChI is InChI=1S/C21H15F4N5O3.C14H9ClF3N3.C7H7FN2O3.3CH4/c1-33-19-8-14(22)18(30(31)32)9-16(19)28-20-26-7-6-15(27-20)13-10-29(11-21(23,24)25)17-5-3-2-4-12(13)17;15-13-19-6-5-11(20-13)10-7-21(8-14(16,17)18)12-4-2-1-3-9(10)12;1-13-7-2-4(8)6(10(11)12)3-5(7)9;;;/h2-10H,11H2,1H3,(H,26,27,28);1-7H,8H2;2-3H,9H2,1H3;3*1H4. The van der Waals surface area contributed by atoms with Crippen molar-refractivity contribution in [3.05, 3.63) is 147 Å². The number of halogens is 9. The summed E-state index contributed by atoms with van der Waals surface area (Å²) in [6.45, 7) is -2.22. The first-order valence-electron chi connectivity index (χ1n) is 18.8. The molecule has 8 aromatic rings. The van der Waals surface area contributed by atoms with Gasteiger partial charge in [0.05, 0.1) is 46.8 Å². The van der Waals surface area contributed by atoms with Gasteiger partial charge >= 0.3 is 23.7 Å². The SMILES string of the molecule is C.C.C.COc1cc(F)c([N+](=O)[O-])cc1N.COc1cc(F)c([N+](=O)[O-])cc1Nc1nccc(-c2cn(CC(F)(F)F)c3ccccc23)n1.FC(F)(F)Cn1cc(-c2ccnc(Cl)n2)c2ccccc21. The van der Waals surface area contributed by atoms with E-state index < -0.39 is 58.3 Å². The quantitative estimate of drug-likeness (QED) is 0.0432. The summed E-state index contributed by atoms with van der Waals surface area (Å²) in [7, 11) is 2.57. The summed E-state index contributed by atoms with van der Waals surface area (Å²) in [6.07, 6.45) is -3.05. The molecule has 4 aromatic carbocycles. The number of nitro groups is 2. The van der Waals surface area contributed by atoms with Gasteiger partial charge in [-0.2, -0.15) is 35.1 Å². The van der Waals surface area contributed by atoms with Gasteiger partial charge in [0, 0.05) is 82.0 Å². The number of fused-ring (bicyclic) bond motifs is 2. The number of methoxy groups -OCH3 is 2. The number of aromatic nitrogens is 6. The van der Waals surface area contributed by atoms with E-state index >= 15 is 0 Å². The van der Waals surface area contributed by atoms with Crippen LogP contribution in [0.2, 0.25) is 5.28 Å². The molecule has 70 heavy (non-hydrogen) atoms. The maximum absolute atomic E-state index is 13.9. The first-order valence-corrected chi connectivity index (χ1v) is 19.2. The number of para-hydroxylation sites is 2. The van der Waals surface area contributed by atoms with Gasteiger partial charge in [0.25, 0.3) is 0 Å². The molecule has 0 fully saturated rings. The highest BCUT2D eigenvalue weighted by molar-refractivity contribution is 6.28. The number of nitrogens with one attached hydrogen (secondary N) is 1. The van der Waals surface area contributed by atoms with Crippen LogP contribution >= 0.6 is 11.6 Å². The van der Waals surface area contributed by atoms with Crippen molar-refractivity contribution < 1.29 is 54.4 Å². The average molecular weight is 1010 g/mol. The Morgan fingerprint density at radius 1 is 0.671 bits per heavy atom. The van der Waals surface area contributed by atoms with Crippen molar-refractivity contribution in [2.45, 2.75) is 47.7 Å². The van der Waals surface area contributed by atoms with Crippen LogP contribution in [0.3, 0.4) is 0 Å². The molecule has 4 heterocycles.